The highest BCUT2D eigenvalue weighted by atomic mass is 16.2. The number of rotatable bonds is 9. The SMILES string of the molecule is CCCCC(C(=O)NCCC)C(=O)NCCC. The molecule has 0 saturated heterocycles. The van der Waals surface area contributed by atoms with Crippen LogP contribution in [-0.4, -0.2) is 24.9 Å². The molecular formula is C13H26N2O2. The van der Waals surface area contributed by atoms with E-state index >= 15 is 0 Å². The van der Waals surface area contributed by atoms with Crippen LogP contribution in [0.2, 0.25) is 0 Å². The first-order chi connectivity index (χ1) is 8.17. The van der Waals surface area contributed by atoms with Crippen LogP contribution in [0.25, 0.3) is 0 Å². The van der Waals surface area contributed by atoms with Gasteiger partial charge in [0, 0.05) is 13.1 Å². The smallest absolute Gasteiger partial charge is 0.232 e. The molecule has 0 aliphatic rings. The number of hydrogen-bond donors (Lipinski definition) is 2. The highest BCUT2D eigenvalue weighted by molar-refractivity contribution is 6.00. The fourth-order valence-corrected chi connectivity index (χ4v) is 1.53. The summed E-state index contributed by atoms with van der Waals surface area (Å²) in [5, 5.41) is 5.60. The topological polar surface area (TPSA) is 58.2 Å². The lowest BCUT2D eigenvalue weighted by Gasteiger charge is -2.16. The number of hydrogen-bond acceptors (Lipinski definition) is 2. The van der Waals surface area contributed by atoms with Gasteiger partial charge in [-0.1, -0.05) is 33.6 Å². The maximum atomic E-state index is 11.8. The Balaban J connectivity index is 4.29. The third-order valence-corrected chi connectivity index (χ3v) is 2.58. The van der Waals surface area contributed by atoms with Crippen LogP contribution in [0.5, 0.6) is 0 Å². The molecule has 0 aliphatic heterocycles. The second-order valence-corrected chi connectivity index (χ2v) is 4.28. The number of nitrogens with one attached hydrogen (secondary N) is 2. The molecule has 100 valence electrons. The molecule has 4 nitrogen and oxygen atoms in total. The number of unbranched alkanes of at least 4 members (excludes halogenated alkanes) is 1. The molecule has 0 radical (unpaired) electrons. The first-order valence-electron chi connectivity index (χ1n) is 6.72. The Morgan fingerprint density at radius 1 is 0.882 bits per heavy atom. The minimum absolute atomic E-state index is 0.131. The highest BCUT2D eigenvalue weighted by Crippen LogP contribution is 2.09. The second kappa shape index (κ2) is 10.1. The monoisotopic (exact) mass is 242 g/mol. The lowest BCUT2D eigenvalue weighted by Crippen LogP contribution is -2.41. The van der Waals surface area contributed by atoms with Gasteiger partial charge in [-0.3, -0.25) is 9.59 Å². The van der Waals surface area contributed by atoms with Gasteiger partial charge in [0.2, 0.25) is 11.8 Å². The Morgan fingerprint density at radius 2 is 1.35 bits per heavy atom. The van der Waals surface area contributed by atoms with Crippen molar-refractivity contribution in [1.29, 1.82) is 0 Å². The summed E-state index contributed by atoms with van der Waals surface area (Å²) in [6.45, 7) is 7.34. The standard InChI is InChI=1S/C13H26N2O2/c1-4-7-8-11(12(16)14-9-5-2)13(17)15-10-6-3/h11H,4-10H2,1-3H3,(H,14,16)(H,15,17). The van der Waals surface area contributed by atoms with Gasteiger partial charge in [0.15, 0.2) is 0 Å². The molecule has 0 heterocycles. The summed E-state index contributed by atoms with van der Waals surface area (Å²) in [5.74, 6) is -0.782. The van der Waals surface area contributed by atoms with Gasteiger partial charge in [-0.25, -0.2) is 0 Å². The second-order valence-electron chi connectivity index (χ2n) is 4.28. The van der Waals surface area contributed by atoms with Gasteiger partial charge < -0.3 is 10.6 Å². The van der Waals surface area contributed by atoms with Gasteiger partial charge >= 0.3 is 0 Å². The van der Waals surface area contributed by atoms with Crippen molar-refractivity contribution in [3.05, 3.63) is 0 Å². The molecule has 0 saturated carbocycles. The molecule has 0 fully saturated rings. The molecule has 0 unspecified atom stereocenters. The van der Waals surface area contributed by atoms with E-state index in [1.165, 1.54) is 0 Å². The Labute approximate surface area is 105 Å². The van der Waals surface area contributed by atoms with Gasteiger partial charge in [-0.2, -0.15) is 0 Å². The maximum absolute atomic E-state index is 11.8. The van der Waals surface area contributed by atoms with Crippen molar-refractivity contribution >= 4 is 11.8 Å². The van der Waals surface area contributed by atoms with Gasteiger partial charge in [0.1, 0.15) is 5.92 Å². The molecular weight excluding hydrogens is 216 g/mol. The van der Waals surface area contributed by atoms with Crippen LogP contribution >= 0.6 is 0 Å². The molecule has 0 spiro atoms. The van der Waals surface area contributed by atoms with Gasteiger partial charge in [0.25, 0.3) is 0 Å². The number of carbonyl (C=O) groups excluding carboxylic acids is 2. The predicted octanol–water partition coefficient (Wildman–Crippen LogP) is 1.85. The average molecular weight is 242 g/mol. The van der Waals surface area contributed by atoms with E-state index in [0.717, 1.165) is 25.7 Å². The van der Waals surface area contributed by atoms with Crippen LogP contribution in [0.15, 0.2) is 0 Å². The third-order valence-electron chi connectivity index (χ3n) is 2.58. The van der Waals surface area contributed by atoms with Gasteiger partial charge in [-0.05, 0) is 19.3 Å². The van der Waals surface area contributed by atoms with Crippen molar-refractivity contribution in [2.45, 2.75) is 52.9 Å². The number of carbonyl (C=O) groups is 2. The Hall–Kier alpha value is -1.06. The Morgan fingerprint density at radius 3 is 1.71 bits per heavy atom. The van der Waals surface area contributed by atoms with E-state index in [2.05, 4.69) is 17.6 Å². The molecule has 17 heavy (non-hydrogen) atoms. The van der Waals surface area contributed by atoms with Crippen molar-refractivity contribution in [2.75, 3.05) is 13.1 Å². The van der Waals surface area contributed by atoms with Crippen LogP contribution in [0, 0.1) is 5.92 Å². The zero-order chi connectivity index (χ0) is 13.1. The van der Waals surface area contributed by atoms with E-state index in [0.29, 0.717) is 19.5 Å². The van der Waals surface area contributed by atoms with Crippen LogP contribution in [-0.2, 0) is 9.59 Å². The molecule has 4 heteroatoms. The molecule has 0 atom stereocenters. The third kappa shape index (κ3) is 6.97. The first kappa shape index (κ1) is 15.9. The minimum atomic E-state index is -0.520. The zero-order valence-electron chi connectivity index (χ0n) is 11.3. The van der Waals surface area contributed by atoms with Crippen LogP contribution in [0.4, 0.5) is 0 Å². The summed E-state index contributed by atoms with van der Waals surface area (Å²) in [6, 6.07) is 0. The van der Waals surface area contributed by atoms with E-state index in [4.69, 9.17) is 0 Å². The van der Waals surface area contributed by atoms with Crippen molar-refractivity contribution in [2.24, 2.45) is 5.92 Å². The molecule has 0 rings (SSSR count). The highest BCUT2D eigenvalue weighted by Gasteiger charge is 2.24. The summed E-state index contributed by atoms with van der Waals surface area (Å²) in [4.78, 5) is 23.7. The normalized spacial score (nSPS) is 10.4. The van der Waals surface area contributed by atoms with Crippen LogP contribution in [0.1, 0.15) is 52.9 Å². The van der Waals surface area contributed by atoms with E-state index in [1.807, 2.05) is 13.8 Å². The number of amides is 2. The van der Waals surface area contributed by atoms with E-state index in [9.17, 15) is 9.59 Å². The molecule has 0 aromatic heterocycles. The predicted molar refractivity (Wildman–Crippen MR) is 69.6 cm³/mol. The first-order valence-corrected chi connectivity index (χ1v) is 6.72. The van der Waals surface area contributed by atoms with E-state index in [-0.39, 0.29) is 11.8 Å². The summed E-state index contributed by atoms with van der Waals surface area (Å²) in [5.41, 5.74) is 0. The lowest BCUT2D eigenvalue weighted by molar-refractivity contribution is -0.135. The summed E-state index contributed by atoms with van der Waals surface area (Å²) in [7, 11) is 0. The maximum Gasteiger partial charge on any atom is 0.232 e. The fraction of sp³-hybridized carbons (Fsp3) is 0.846. The van der Waals surface area contributed by atoms with Gasteiger partial charge in [0.05, 0.1) is 0 Å². The van der Waals surface area contributed by atoms with Gasteiger partial charge in [-0.15, -0.1) is 0 Å². The molecule has 0 bridgehead atoms. The summed E-state index contributed by atoms with van der Waals surface area (Å²) in [6.07, 6.45) is 4.33. The van der Waals surface area contributed by atoms with Crippen LogP contribution < -0.4 is 10.6 Å². The summed E-state index contributed by atoms with van der Waals surface area (Å²) < 4.78 is 0. The molecule has 0 aromatic carbocycles. The largest absolute Gasteiger partial charge is 0.355 e. The van der Waals surface area contributed by atoms with Crippen molar-refractivity contribution in [1.82, 2.24) is 10.6 Å². The Kier molecular flexibility index (Phi) is 9.49. The lowest BCUT2D eigenvalue weighted by atomic mass is 10.00. The molecule has 0 aromatic rings. The fourth-order valence-electron chi connectivity index (χ4n) is 1.53. The van der Waals surface area contributed by atoms with Crippen molar-refractivity contribution < 1.29 is 9.59 Å². The van der Waals surface area contributed by atoms with Crippen molar-refractivity contribution in [3.63, 3.8) is 0 Å². The van der Waals surface area contributed by atoms with Crippen molar-refractivity contribution in [3.8, 4) is 0 Å². The van der Waals surface area contributed by atoms with Crippen LogP contribution in [0.3, 0.4) is 0 Å². The quantitative estimate of drug-likeness (QED) is 0.606. The Bertz CT molecular complexity index is 209. The average Bonchev–Trinajstić information content (AvgIpc) is 2.34. The molecule has 2 N–H and O–H groups in total. The zero-order valence-corrected chi connectivity index (χ0v) is 11.3. The minimum Gasteiger partial charge on any atom is -0.355 e. The molecule has 0 aliphatic carbocycles. The molecule has 2 amide bonds. The summed E-state index contributed by atoms with van der Waals surface area (Å²) >= 11 is 0. The van der Waals surface area contributed by atoms with E-state index < -0.39 is 5.92 Å². The van der Waals surface area contributed by atoms with E-state index in [1.54, 1.807) is 0 Å².